The van der Waals surface area contributed by atoms with Crippen molar-refractivity contribution in [3.8, 4) is 6.07 Å². The molecule has 1 aromatic heterocycles. The number of anilines is 1. The second kappa shape index (κ2) is 9.58. The summed E-state index contributed by atoms with van der Waals surface area (Å²) < 4.78 is 56.6. The van der Waals surface area contributed by atoms with Crippen molar-refractivity contribution >= 4 is 25.7 Å². The second-order valence-corrected chi connectivity index (χ2v) is 12.0. The minimum absolute atomic E-state index is 0.0281. The van der Waals surface area contributed by atoms with E-state index in [9.17, 15) is 22.1 Å². The number of sulfonamides is 2. The molecule has 0 radical (unpaired) electrons. The summed E-state index contributed by atoms with van der Waals surface area (Å²) in [5.41, 5.74) is 2.02. The van der Waals surface area contributed by atoms with E-state index in [0.717, 1.165) is 5.56 Å². The predicted octanol–water partition coefficient (Wildman–Crippen LogP) is 2.64. The summed E-state index contributed by atoms with van der Waals surface area (Å²) in [6.45, 7) is 1.68. The van der Waals surface area contributed by atoms with E-state index >= 15 is 0 Å². The maximum atomic E-state index is 13.6. The molecule has 178 valence electrons. The lowest BCUT2D eigenvalue weighted by molar-refractivity contribution is 0.322. The van der Waals surface area contributed by atoms with Gasteiger partial charge in [0.1, 0.15) is 0 Å². The van der Waals surface area contributed by atoms with Crippen LogP contribution in [0.2, 0.25) is 0 Å². The highest BCUT2D eigenvalue weighted by Gasteiger charge is 2.39. The topological polar surface area (TPSA) is 127 Å². The fourth-order valence-corrected chi connectivity index (χ4v) is 7.31. The summed E-state index contributed by atoms with van der Waals surface area (Å²) in [7, 11) is -7.77. The third-order valence-corrected chi connectivity index (χ3v) is 9.53. The number of H-pyrrole nitrogens is 1. The van der Waals surface area contributed by atoms with Crippen molar-refractivity contribution < 1.29 is 16.8 Å². The zero-order valence-corrected chi connectivity index (χ0v) is 20.3. The van der Waals surface area contributed by atoms with Crippen LogP contribution in [-0.2, 0) is 33.0 Å². The maximum absolute atomic E-state index is 13.6. The fourth-order valence-electron chi connectivity index (χ4n) is 4.19. The van der Waals surface area contributed by atoms with Crippen molar-refractivity contribution in [1.29, 1.82) is 5.26 Å². The van der Waals surface area contributed by atoms with Gasteiger partial charge in [-0.15, -0.1) is 0 Å². The molecular weight excluding hydrogens is 474 g/mol. The molecule has 0 unspecified atom stereocenters. The molecule has 0 saturated carbocycles. The van der Waals surface area contributed by atoms with E-state index in [1.54, 1.807) is 19.1 Å². The standard InChI is InChI=1S/C23H25N5O4S2/c1-2-10-33(29,30)27-15-20-11-19(13-24)8-9-22(20)28(34(31,32)23-14-25-17-26-23)16-21(27)12-18-6-4-3-5-7-18/h3-9,11,14,17,21H,2,10,12,15-16H2,1H3,(H,25,26)/t21-/m1/s1. The number of nitriles is 1. The molecular formula is C23H25N5O4S2. The van der Waals surface area contributed by atoms with Crippen molar-refractivity contribution in [3.63, 3.8) is 0 Å². The number of nitrogens with one attached hydrogen (secondary N) is 1. The Labute approximate surface area is 199 Å². The Kier molecular flexibility index (Phi) is 6.74. The van der Waals surface area contributed by atoms with Gasteiger partial charge in [0.15, 0.2) is 5.03 Å². The van der Waals surface area contributed by atoms with Gasteiger partial charge in [0.05, 0.1) is 42.1 Å². The number of aromatic amines is 1. The van der Waals surface area contributed by atoms with E-state index in [-0.39, 0.29) is 23.9 Å². The lowest BCUT2D eigenvalue weighted by Gasteiger charge is -2.31. The molecule has 11 heteroatoms. The maximum Gasteiger partial charge on any atom is 0.281 e. The first-order valence-corrected chi connectivity index (χ1v) is 13.9. The van der Waals surface area contributed by atoms with Crippen LogP contribution >= 0.6 is 0 Å². The minimum Gasteiger partial charge on any atom is -0.334 e. The van der Waals surface area contributed by atoms with Gasteiger partial charge in [-0.1, -0.05) is 37.3 Å². The zero-order valence-electron chi connectivity index (χ0n) is 18.6. The molecule has 2 aromatic carbocycles. The molecule has 1 aliphatic rings. The van der Waals surface area contributed by atoms with Gasteiger partial charge >= 0.3 is 0 Å². The summed E-state index contributed by atoms with van der Waals surface area (Å²) in [4.78, 5) is 6.49. The Hall–Kier alpha value is -3.20. The number of imidazole rings is 1. The number of fused-ring (bicyclic) bond motifs is 1. The molecule has 0 fully saturated rings. The number of aromatic nitrogens is 2. The number of hydrogen-bond acceptors (Lipinski definition) is 6. The zero-order chi connectivity index (χ0) is 24.3. The van der Waals surface area contributed by atoms with Crippen LogP contribution in [0.3, 0.4) is 0 Å². The van der Waals surface area contributed by atoms with Gasteiger partial charge in [-0.25, -0.2) is 13.4 Å². The van der Waals surface area contributed by atoms with E-state index in [1.165, 1.54) is 27.2 Å². The van der Waals surface area contributed by atoms with Gasteiger partial charge in [0.25, 0.3) is 10.0 Å². The quantitative estimate of drug-likeness (QED) is 0.532. The van der Waals surface area contributed by atoms with E-state index < -0.39 is 26.1 Å². The first-order chi connectivity index (χ1) is 16.3. The van der Waals surface area contributed by atoms with Gasteiger partial charge in [-0.3, -0.25) is 4.31 Å². The predicted molar refractivity (Wildman–Crippen MR) is 128 cm³/mol. The average Bonchev–Trinajstić information content (AvgIpc) is 3.31. The molecule has 0 aliphatic carbocycles. The van der Waals surface area contributed by atoms with Crippen LogP contribution in [0, 0.1) is 11.3 Å². The van der Waals surface area contributed by atoms with Crippen molar-refractivity contribution in [2.45, 2.75) is 37.4 Å². The van der Waals surface area contributed by atoms with Crippen LogP contribution < -0.4 is 4.31 Å². The molecule has 0 saturated heterocycles. The Bertz CT molecular complexity index is 1400. The molecule has 9 nitrogen and oxygen atoms in total. The number of nitrogens with zero attached hydrogens (tertiary/aromatic N) is 4. The van der Waals surface area contributed by atoms with Crippen molar-refractivity contribution in [1.82, 2.24) is 14.3 Å². The molecule has 1 aliphatic heterocycles. The largest absolute Gasteiger partial charge is 0.334 e. The Balaban J connectivity index is 1.89. The molecule has 2 heterocycles. The van der Waals surface area contributed by atoms with Crippen molar-refractivity contribution in [2.24, 2.45) is 0 Å². The summed E-state index contributed by atoms with van der Waals surface area (Å²) in [5.74, 6) is -0.0567. The van der Waals surface area contributed by atoms with E-state index in [2.05, 4.69) is 16.0 Å². The summed E-state index contributed by atoms with van der Waals surface area (Å²) in [6, 6.07) is 15.5. The van der Waals surface area contributed by atoms with E-state index in [0.29, 0.717) is 29.7 Å². The smallest absolute Gasteiger partial charge is 0.281 e. The van der Waals surface area contributed by atoms with Gasteiger partial charge < -0.3 is 4.98 Å². The van der Waals surface area contributed by atoms with Crippen LogP contribution in [0.25, 0.3) is 0 Å². The third-order valence-electron chi connectivity index (χ3n) is 5.76. The lowest BCUT2D eigenvalue weighted by atomic mass is 10.1. The van der Waals surface area contributed by atoms with Crippen LogP contribution in [0.4, 0.5) is 5.69 Å². The van der Waals surface area contributed by atoms with Crippen LogP contribution in [0.15, 0.2) is 66.1 Å². The lowest BCUT2D eigenvalue weighted by Crippen LogP contribution is -2.47. The molecule has 0 amide bonds. The molecule has 1 atom stereocenters. The van der Waals surface area contributed by atoms with Crippen LogP contribution in [-0.4, -0.2) is 49.4 Å². The van der Waals surface area contributed by atoms with E-state index in [1.807, 2.05) is 30.3 Å². The minimum atomic E-state index is -4.07. The molecule has 34 heavy (non-hydrogen) atoms. The third kappa shape index (κ3) is 4.70. The number of rotatable bonds is 7. The van der Waals surface area contributed by atoms with Crippen LogP contribution in [0.1, 0.15) is 30.0 Å². The first kappa shape index (κ1) is 23.9. The molecule has 4 rings (SSSR count). The van der Waals surface area contributed by atoms with Crippen LogP contribution in [0.5, 0.6) is 0 Å². The second-order valence-electron chi connectivity index (χ2n) is 8.11. The Morgan fingerprint density at radius 1 is 1.15 bits per heavy atom. The van der Waals surface area contributed by atoms with Gasteiger partial charge in [0, 0.05) is 12.6 Å². The van der Waals surface area contributed by atoms with E-state index in [4.69, 9.17) is 0 Å². The Morgan fingerprint density at radius 3 is 2.56 bits per heavy atom. The first-order valence-electron chi connectivity index (χ1n) is 10.8. The highest BCUT2D eigenvalue weighted by Crippen LogP contribution is 2.34. The number of hydrogen-bond donors (Lipinski definition) is 1. The number of benzene rings is 2. The summed E-state index contributed by atoms with van der Waals surface area (Å²) in [5, 5.41) is 9.32. The van der Waals surface area contributed by atoms with Gasteiger partial charge in [-0.2, -0.15) is 18.0 Å². The fraction of sp³-hybridized carbons (Fsp3) is 0.304. The highest BCUT2D eigenvalue weighted by molar-refractivity contribution is 7.92. The molecule has 0 spiro atoms. The van der Waals surface area contributed by atoms with Gasteiger partial charge in [-0.05, 0) is 42.2 Å². The average molecular weight is 500 g/mol. The molecule has 3 aromatic rings. The normalized spacial score (nSPS) is 17.1. The SMILES string of the molecule is CCCS(=O)(=O)N1Cc2cc(C#N)ccc2N(S(=O)(=O)c2cnc[nH]2)C[C@H]1Cc1ccccc1. The highest BCUT2D eigenvalue weighted by atomic mass is 32.2. The summed E-state index contributed by atoms with van der Waals surface area (Å²) >= 11 is 0. The molecule has 0 bridgehead atoms. The van der Waals surface area contributed by atoms with Gasteiger partial charge in [0.2, 0.25) is 10.0 Å². The Morgan fingerprint density at radius 2 is 1.91 bits per heavy atom. The van der Waals surface area contributed by atoms with Crippen molar-refractivity contribution in [3.05, 3.63) is 77.7 Å². The summed E-state index contributed by atoms with van der Waals surface area (Å²) in [6.07, 6.45) is 3.27. The molecule has 1 N–H and O–H groups in total. The monoisotopic (exact) mass is 499 g/mol. The van der Waals surface area contributed by atoms with Crippen molar-refractivity contribution in [2.75, 3.05) is 16.6 Å².